The molecule has 104 valence electrons. The van der Waals surface area contributed by atoms with Gasteiger partial charge in [-0.2, -0.15) is 0 Å². The molecular formula is C15H19Cl2NO. The molecule has 0 saturated carbocycles. The van der Waals surface area contributed by atoms with Crippen LogP contribution in [0, 0.1) is 5.41 Å². The molecule has 2 rings (SSSR count). The number of likely N-dealkylation sites (tertiary alicyclic amines) is 1. The van der Waals surface area contributed by atoms with E-state index in [4.69, 9.17) is 23.2 Å². The maximum Gasteiger partial charge on any atom is 0.178 e. The van der Waals surface area contributed by atoms with Crippen LogP contribution in [0.3, 0.4) is 0 Å². The molecule has 1 aliphatic rings. The molecule has 4 heteroatoms. The van der Waals surface area contributed by atoms with E-state index in [1.54, 1.807) is 18.2 Å². The summed E-state index contributed by atoms with van der Waals surface area (Å²) in [6.07, 6.45) is 2.27. The monoisotopic (exact) mass is 299 g/mol. The average molecular weight is 300 g/mol. The molecule has 1 heterocycles. The Kier molecular flexibility index (Phi) is 4.54. The molecule has 2 nitrogen and oxygen atoms in total. The highest BCUT2D eigenvalue weighted by atomic mass is 35.5. The summed E-state index contributed by atoms with van der Waals surface area (Å²) in [4.78, 5) is 14.4. The van der Waals surface area contributed by atoms with Gasteiger partial charge in [0.2, 0.25) is 0 Å². The van der Waals surface area contributed by atoms with Crippen molar-refractivity contribution in [1.82, 2.24) is 4.90 Å². The molecule has 0 spiro atoms. The van der Waals surface area contributed by atoms with Gasteiger partial charge in [-0.25, -0.2) is 0 Å². The fourth-order valence-corrected chi connectivity index (χ4v) is 2.83. The number of ketones is 1. The second kappa shape index (κ2) is 5.82. The Morgan fingerprint density at radius 2 is 1.89 bits per heavy atom. The van der Waals surface area contributed by atoms with Gasteiger partial charge in [-0.1, -0.05) is 37.0 Å². The summed E-state index contributed by atoms with van der Waals surface area (Å²) in [6.45, 7) is 6.95. The Hall–Kier alpha value is -0.570. The van der Waals surface area contributed by atoms with E-state index in [9.17, 15) is 4.79 Å². The molecule has 0 aromatic heterocycles. The number of nitrogens with zero attached hydrogens (tertiary/aromatic N) is 1. The van der Waals surface area contributed by atoms with E-state index >= 15 is 0 Å². The Bertz CT molecular complexity index is 475. The molecule has 0 bridgehead atoms. The van der Waals surface area contributed by atoms with Crippen LogP contribution >= 0.6 is 23.2 Å². The molecular weight excluding hydrogens is 281 g/mol. The van der Waals surface area contributed by atoms with E-state index in [2.05, 4.69) is 18.7 Å². The van der Waals surface area contributed by atoms with Crippen LogP contribution in [0.5, 0.6) is 0 Å². The summed E-state index contributed by atoms with van der Waals surface area (Å²) in [5.41, 5.74) is 0.966. The van der Waals surface area contributed by atoms with E-state index in [-0.39, 0.29) is 5.78 Å². The lowest BCUT2D eigenvalue weighted by Gasteiger charge is -2.36. The molecule has 0 unspecified atom stereocenters. The third-order valence-electron chi connectivity index (χ3n) is 3.81. The zero-order valence-electron chi connectivity index (χ0n) is 11.4. The predicted molar refractivity (Wildman–Crippen MR) is 80.2 cm³/mol. The average Bonchev–Trinajstić information content (AvgIpc) is 2.31. The molecule has 0 amide bonds. The van der Waals surface area contributed by atoms with Crippen LogP contribution in [0.2, 0.25) is 10.0 Å². The van der Waals surface area contributed by atoms with Crippen LogP contribution in [0.1, 0.15) is 37.0 Å². The highest BCUT2D eigenvalue weighted by Crippen LogP contribution is 2.30. The molecule has 0 aliphatic carbocycles. The lowest BCUT2D eigenvalue weighted by Crippen LogP contribution is -2.40. The number of hydrogen-bond donors (Lipinski definition) is 0. The van der Waals surface area contributed by atoms with Crippen LogP contribution in [0.15, 0.2) is 18.2 Å². The zero-order chi connectivity index (χ0) is 14.0. The maximum absolute atomic E-state index is 12.2. The summed E-state index contributed by atoms with van der Waals surface area (Å²) in [7, 11) is 0. The lowest BCUT2D eigenvalue weighted by molar-refractivity contribution is 0.0845. The third kappa shape index (κ3) is 3.95. The number of carbonyl (C=O) groups excluding carboxylic acids is 1. The van der Waals surface area contributed by atoms with E-state index in [1.807, 2.05) is 0 Å². The summed E-state index contributed by atoms with van der Waals surface area (Å²) in [5, 5.41) is 0.996. The smallest absolute Gasteiger partial charge is 0.178 e. The number of benzene rings is 1. The molecule has 1 aromatic rings. The fraction of sp³-hybridized carbons (Fsp3) is 0.533. The molecule has 19 heavy (non-hydrogen) atoms. The number of piperidine rings is 1. The van der Waals surface area contributed by atoms with Gasteiger partial charge >= 0.3 is 0 Å². The van der Waals surface area contributed by atoms with E-state index in [0.29, 0.717) is 27.6 Å². The van der Waals surface area contributed by atoms with E-state index in [0.717, 1.165) is 25.9 Å². The van der Waals surface area contributed by atoms with Gasteiger partial charge in [0.25, 0.3) is 0 Å². The Morgan fingerprint density at radius 1 is 1.26 bits per heavy atom. The third-order valence-corrected chi connectivity index (χ3v) is 4.36. The van der Waals surface area contributed by atoms with Crippen LogP contribution in [0.25, 0.3) is 0 Å². The fourth-order valence-electron chi connectivity index (χ4n) is 2.32. The van der Waals surface area contributed by atoms with Crippen molar-refractivity contribution in [3.05, 3.63) is 33.8 Å². The summed E-state index contributed by atoms with van der Waals surface area (Å²) in [6, 6.07) is 5.04. The summed E-state index contributed by atoms with van der Waals surface area (Å²) in [5.74, 6) is 0.0707. The molecule has 0 radical (unpaired) electrons. The standard InChI is InChI=1S/C15H19Cl2NO/c1-15(2)5-7-18(8-6-15)10-14(19)12-4-3-11(16)9-13(12)17/h3-4,9H,5-8,10H2,1-2H3. The number of rotatable bonds is 3. The van der Waals surface area contributed by atoms with Crippen molar-refractivity contribution in [2.45, 2.75) is 26.7 Å². The van der Waals surface area contributed by atoms with Crippen molar-refractivity contribution < 1.29 is 4.79 Å². The number of hydrogen-bond acceptors (Lipinski definition) is 2. The van der Waals surface area contributed by atoms with Crippen LogP contribution in [-0.2, 0) is 0 Å². The van der Waals surface area contributed by atoms with Gasteiger partial charge in [0.1, 0.15) is 0 Å². The number of halogens is 2. The quantitative estimate of drug-likeness (QED) is 0.776. The van der Waals surface area contributed by atoms with E-state index < -0.39 is 0 Å². The molecule has 0 N–H and O–H groups in total. The molecule has 1 aliphatic heterocycles. The molecule has 1 fully saturated rings. The van der Waals surface area contributed by atoms with Gasteiger partial charge in [0, 0.05) is 10.6 Å². The normalized spacial score (nSPS) is 19.4. The van der Waals surface area contributed by atoms with Gasteiger partial charge in [-0.05, 0) is 49.5 Å². The summed E-state index contributed by atoms with van der Waals surface area (Å²) >= 11 is 11.9. The second-order valence-electron chi connectivity index (χ2n) is 5.99. The first kappa shape index (κ1) is 14.8. The first-order valence-corrected chi connectivity index (χ1v) is 7.34. The van der Waals surface area contributed by atoms with Gasteiger partial charge in [0.05, 0.1) is 11.6 Å². The van der Waals surface area contributed by atoms with Crippen molar-refractivity contribution in [1.29, 1.82) is 0 Å². The number of carbonyl (C=O) groups is 1. The highest BCUT2D eigenvalue weighted by Gasteiger charge is 2.26. The topological polar surface area (TPSA) is 20.3 Å². The van der Waals surface area contributed by atoms with Gasteiger partial charge in [-0.3, -0.25) is 9.69 Å². The Morgan fingerprint density at radius 3 is 2.47 bits per heavy atom. The zero-order valence-corrected chi connectivity index (χ0v) is 12.9. The Labute approximate surface area is 124 Å². The van der Waals surface area contributed by atoms with Crippen LogP contribution in [-0.4, -0.2) is 30.3 Å². The Balaban J connectivity index is 1.98. The minimum absolute atomic E-state index is 0.0707. The largest absolute Gasteiger partial charge is 0.296 e. The molecule has 0 atom stereocenters. The maximum atomic E-state index is 12.2. The van der Waals surface area contributed by atoms with E-state index in [1.165, 1.54) is 0 Å². The van der Waals surface area contributed by atoms with Crippen molar-refractivity contribution >= 4 is 29.0 Å². The molecule has 1 saturated heterocycles. The van der Waals surface area contributed by atoms with Crippen molar-refractivity contribution in [2.75, 3.05) is 19.6 Å². The summed E-state index contributed by atoms with van der Waals surface area (Å²) < 4.78 is 0. The highest BCUT2D eigenvalue weighted by molar-refractivity contribution is 6.36. The van der Waals surface area contributed by atoms with Crippen LogP contribution < -0.4 is 0 Å². The number of Topliss-reactive ketones (excluding diaryl/α,β-unsaturated/α-hetero) is 1. The van der Waals surface area contributed by atoms with Gasteiger partial charge in [0.15, 0.2) is 5.78 Å². The van der Waals surface area contributed by atoms with Crippen molar-refractivity contribution in [3.63, 3.8) is 0 Å². The van der Waals surface area contributed by atoms with Gasteiger partial charge in [-0.15, -0.1) is 0 Å². The van der Waals surface area contributed by atoms with Crippen LogP contribution in [0.4, 0.5) is 0 Å². The first-order valence-electron chi connectivity index (χ1n) is 6.58. The van der Waals surface area contributed by atoms with Crippen molar-refractivity contribution in [3.8, 4) is 0 Å². The minimum Gasteiger partial charge on any atom is -0.296 e. The van der Waals surface area contributed by atoms with Crippen molar-refractivity contribution in [2.24, 2.45) is 5.41 Å². The second-order valence-corrected chi connectivity index (χ2v) is 6.83. The first-order chi connectivity index (χ1) is 8.87. The SMILES string of the molecule is CC1(C)CCN(CC(=O)c2ccc(Cl)cc2Cl)CC1. The lowest BCUT2D eigenvalue weighted by atomic mass is 9.82. The predicted octanol–water partition coefficient (Wildman–Crippen LogP) is 4.30. The minimum atomic E-state index is 0.0707. The molecule has 1 aromatic carbocycles. The van der Waals surface area contributed by atoms with Gasteiger partial charge < -0.3 is 0 Å².